The third-order valence-electron chi connectivity index (χ3n) is 4.81. The molecule has 6 nitrogen and oxygen atoms in total. The smallest absolute Gasteiger partial charge is 0.374 e. The fourth-order valence-corrected chi connectivity index (χ4v) is 21.4. The molecular weight excluding hydrogens is 485 g/mol. The predicted molar refractivity (Wildman–Crippen MR) is 143 cm³/mol. The van der Waals surface area contributed by atoms with Crippen LogP contribution in [0, 0.1) is 0 Å². The first kappa shape index (κ1) is 32.1. The van der Waals surface area contributed by atoms with Crippen LogP contribution in [0.25, 0.3) is 0 Å². The molecule has 0 radical (unpaired) electrons. The molecule has 0 bridgehead atoms. The van der Waals surface area contributed by atoms with Gasteiger partial charge >= 0.3 is 17.6 Å². The maximum absolute atomic E-state index is 6.04. The molecular formula is C20H48O6S2Si3. The molecule has 0 aliphatic carbocycles. The van der Waals surface area contributed by atoms with Gasteiger partial charge in [0, 0.05) is 51.7 Å². The average Bonchev–Trinajstić information content (AvgIpc) is 2.74. The zero-order chi connectivity index (χ0) is 23.6. The molecule has 188 valence electrons. The Morgan fingerprint density at radius 1 is 0.452 bits per heavy atom. The summed E-state index contributed by atoms with van der Waals surface area (Å²) < 4.78 is 36.3. The van der Waals surface area contributed by atoms with E-state index >= 15 is 0 Å². The standard InChI is InChI=1S/C20H48O6S2Si3/c1-9-21-30(22-10-2,23-11-3)19-17-27-29(15-7,16-8)28-18-20-31(24-12-4,25-13-5)26-14-6/h9-20H2,1-8H3. The lowest BCUT2D eigenvalue weighted by atomic mass is 10.9. The zero-order valence-electron chi connectivity index (χ0n) is 21.3. The molecule has 11 heteroatoms. The van der Waals surface area contributed by atoms with Crippen molar-refractivity contribution >= 4 is 46.4 Å². The van der Waals surface area contributed by atoms with Crippen LogP contribution in [-0.4, -0.2) is 75.1 Å². The minimum atomic E-state index is -2.58. The minimum Gasteiger partial charge on any atom is -0.374 e. The first-order chi connectivity index (χ1) is 14.9. The lowest BCUT2D eigenvalue weighted by molar-refractivity contribution is 0.0721. The van der Waals surface area contributed by atoms with E-state index in [-0.39, 0.29) is 0 Å². The molecule has 0 saturated carbocycles. The molecule has 0 rings (SSSR count). The second-order valence-electron chi connectivity index (χ2n) is 6.78. The summed E-state index contributed by atoms with van der Waals surface area (Å²) in [5.41, 5.74) is 0. The van der Waals surface area contributed by atoms with Crippen molar-refractivity contribution in [3.05, 3.63) is 0 Å². The molecule has 0 spiro atoms. The van der Waals surface area contributed by atoms with Crippen LogP contribution in [0.3, 0.4) is 0 Å². The Hall–Kier alpha value is 1.11. The molecule has 0 aliphatic rings. The second-order valence-corrected chi connectivity index (χ2v) is 24.1. The molecule has 0 amide bonds. The summed E-state index contributed by atoms with van der Waals surface area (Å²) in [6.45, 7) is 20.6. The van der Waals surface area contributed by atoms with E-state index in [1.165, 1.54) is 12.1 Å². The topological polar surface area (TPSA) is 55.4 Å². The molecule has 0 heterocycles. The van der Waals surface area contributed by atoms with E-state index in [1.54, 1.807) is 0 Å². The van der Waals surface area contributed by atoms with E-state index in [4.69, 9.17) is 26.6 Å². The van der Waals surface area contributed by atoms with Crippen LogP contribution >= 0.6 is 22.4 Å². The number of hydrogen-bond donors (Lipinski definition) is 0. The van der Waals surface area contributed by atoms with E-state index in [0.29, 0.717) is 39.6 Å². The van der Waals surface area contributed by atoms with Crippen molar-refractivity contribution in [2.75, 3.05) is 51.1 Å². The van der Waals surface area contributed by atoms with Gasteiger partial charge in [-0.1, -0.05) is 13.8 Å². The third kappa shape index (κ3) is 11.9. The molecule has 0 saturated heterocycles. The molecule has 0 aliphatic heterocycles. The van der Waals surface area contributed by atoms with Crippen LogP contribution in [0.4, 0.5) is 0 Å². The van der Waals surface area contributed by atoms with Crippen molar-refractivity contribution in [2.45, 2.75) is 79.6 Å². The maximum Gasteiger partial charge on any atom is 0.501 e. The van der Waals surface area contributed by atoms with Crippen molar-refractivity contribution in [3.63, 3.8) is 0 Å². The second kappa shape index (κ2) is 18.4. The van der Waals surface area contributed by atoms with Crippen LogP contribution in [-0.2, 0) is 26.6 Å². The summed E-state index contributed by atoms with van der Waals surface area (Å²) in [5, 5.41) is 0. The molecule has 0 aromatic carbocycles. The quantitative estimate of drug-likeness (QED) is 0.157. The summed E-state index contributed by atoms with van der Waals surface area (Å²) in [6, 6.07) is 4.21. The van der Waals surface area contributed by atoms with Gasteiger partial charge in [-0.05, 0) is 65.1 Å². The summed E-state index contributed by atoms with van der Waals surface area (Å²) in [6.07, 6.45) is -1.54. The normalized spacial score (nSPS) is 13.2. The van der Waals surface area contributed by atoms with Gasteiger partial charge in [0.1, 0.15) is 0 Å². The first-order valence-electron chi connectivity index (χ1n) is 12.0. The first-order valence-corrected chi connectivity index (χ1v) is 21.7. The Bertz CT molecular complexity index is 366. The van der Waals surface area contributed by atoms with E-state index in [0.717, 1.165) is 23.6 Å². The summed E-state index contributed by atoms with van der Waals surface area (Å²) in [5.74, 6) is 2.05. The van der Waals surface area contributed by atoms with Gasteiger partial charge in [-0.15, -0.1) is 0 Å². The monoisotopic (exact) mass is 532 g/mol. The van der Waals surface area contributed by atoms with Crippen molar-refractivity contribution in [3.8, 4) is 0 Å². The molecule has 0 aromatic rings. The Morgan fingerprint density at radius 3 is 0.903 bits per heavy atom. The van der Waals surface area contributed by atoms with Gasteiger partial charge in [-0.25, -0.2) is 0 Å². The fraction of sp³-hybridized carbons (Fsp3) is 1.00. The number of hydrogen-bond acceptors (Lipinski definition) is 8. The Labute approximate surface area is 203 Å². The molecule has 0 N–H and O–H groups in total. The minimum absolute atomic E-state index is 0.634. The molecule has 0 unspecified atom stereocenters. The van der Waals surface area contributed by atoms with Gasteiger partial charge in [0.05, 0.1) is 0 Å². The molecule has 0 atom stereocenters. The van der Waals surface area contributed by atoms with Gasteiger partial charge in [0.2, 0.25) is 0 Å². The van der Waals surface area contributed by atoms with E-state index in [2.05, 4.69) is 36.3 Å². The average molecular weight is 533 g/mol. The van der Waals surface area contributed by atoms with Crippen LogP contribution in [0.5, 0.6) is 0 Å². The Balaban J connectivity index is 5.05. The Kier molecular flexibility index (Phi) is 19.1. The van der Waals surface area contributed by atoms with Gasteiger partial charge in [-0.2, -0.15) is 22.4 Å². The Morgan fingerprint density at radius 2 is 0.710 bits per heavy atom. The van der Waals surface area contributed by atoms with Gasteiger partial charge in [-0.3, -0.25) is 0 Å². The third-order valence-corrected chi connectivity index (χ3v) is 25.6. The van der Waals surface area contributed by atoms with Crippen molar-refractivity contribution in [1.29, 1.82) is 0 Å². The van der Waals surface area contributed by atoms with Crippen LogP contribution in [0.2, 0.25) is 24.2 Å². The molecule has 0 fully saturated rings. The summed E-state index contributed by atoms with van der Waals surface area (Å²) >= 11 is 4.31. The van der Waals surface area contributed by atoms with E-state index in [1.807, 2.05) is 41.5 Å². The van der Waals surface area contributed by atoms with Gasteiger partial charge in [0.25, 0.3) is 0 Å². The zero-order valence-corrected chi connectivity index (χ0v) is 25.9. The molecule has 31 heavy (non-hydrogen) atoms. The highest BCUT2D eigenvalue weighted by molar-refractivity contribution is 8.58. The summed E-state index contributed by atoms with van der Waals surface area (Å²) in [7, 11) is -5.15. The highest BCUT2D eigenvalue weighted by Gasteiger charge is 2.43. The van der Waals surface area contributed by atoms with Crippen LogP contribution < -0.4 is 0 Å². The van der Waals surface area contributed by atoms with Crippen LogP contribution in [0.15, 0.2) is 0 Å². The fourth-order valence-electron chi connectivity index (χ4n) is 3.43. The lowest BCUT2D eigenvalue weighted by Crippen LogP contribution is -2.47. The number of rotatable bonds is 22. The maximum atomic E-state index is 6.04. The largest absolute Gasteiger partial charge is 0.501 e. The van der Waals surface area contributed by atoms with Crippen LogP contribution in [0.1, 0.15) is 55.4 Å². The van der Waals surface area contributed by atoms with Gasteiger partial charge < -0.3 is 26.6 Å². The summed E-state index contributed by atoms with van der Waals surface area (Å²) in [4.78, 5) is 0. The van der Waals surface area contributed by atoms with E-state index < -0.39 is 24.0 Å². The predicted octanol–water partition coefficient (Wildman–Crippen LogP) is 6.03. The van der Waals surface area contributed by atoms with Crippen molar-refractivity contribution in [1.82, 2.24) is 0 Å². The highest BCUT2D eigenvalue weighted by Crippen LogP contribution is 2.41. The van der Waals surface area contributed by atoms with Crippen molar-refractivity contribution < 1.29 is 26.6 Å². The van der Waals surface area contributed by atoms with E-state index in [9.17, 15) is 0 Å². The SMILES string of the molecule is CCO[Si](CCS[Si](CC)(CC)SCC[Si](OCC)(OCC)OCC)(OCC)OCC. The molecule has 0 aromatic heterocycles. The van der Waals surface area contributed by atoms with Crippen molar-refractivity contribution in [2.24, 2.45) is 0 Å². The highest BCUT2D eigenvalue weighted by atomic mass is 32.6. The lowest BCUT2D eigenvalue weighted by Gasteiger charge is -2.33. The van der Waals surface area contributed by atoms with Gasteiger partial charge in [0.15, 0.2) is 6.37 Å².